The van der Waals surface area contributed by atoms with E-state index in [2.05, 4.69) is 10.2 Å². The molecule has 0 radical (unpaired) electrons. The maximum atomic E-state index is 13.1. The van der Waals surface area contributed by atoms with E-state index >= 15 is 0 Å². The number of nitrogens with zero attached hydrogens (tertiary/aromatic N) is 4. The van der Waals surface area contributed by atoms with Gasteiger partial charge in [0.1, 0.15) is 5.76 Å². The number of para-hydroxylation sites is 1. The average molecular weight is 579 g/mol. The molecule has 3 aromatic carbocycles. The first-order valence-corrected chi connectivity index (χ1v) is 14.3. The van der Waals surface area contributed by atoms with Crippen LogP contribution in [0.2, 0.25) is 0 Å². The van der Waals surface area contributed by atoms with Crippen LogP contribution in [0.25, 0.3) is 22.6 Å². The van der Waals surface area contributed by atoms with Crippen LogP contribution in [0.3, 0.4) is 0 Å². The van der Waals surface area contributed by atoms with Crippen LogP contribution in [0.1, 0.15) is 41.8 Å². The van der Waals surface area contributed by atoms with Crippen molar-refractivity contribution < 1.29 is 23.5 Å². The van der Waals surface area contributed by atoms with E-state index in [0.29, 0.717) is 51.5 Å². The Bertz CT molecular complexity index is 1740. The minimum absolute atomic E-state index is 0.247. The Balaban J connectivity index is 1.35. The van der Waals surface area contributed by atoms with Crippen LogP contribution in [-0.4, -0.2) is 33.7 Å². The van der Waals surface area contributed by atoms with Crippen molar-refractivity contribution in [3.8, 4) is 28.5 Å². The second kappa shape index (κ2) is 11.9. The lowest BCUT2D eigenvalue weighted by molar-refractivity contribution is -0.118. The Labute approximate surface area is 246 Å². The highest BCUT2D eigenvalue weighted by Gasteiger charge is 2.36. The molecule has 10 heteroatoms. The zero-order valence-electron chi connectivity index (χ0n) is 22.9. The standard InChI is InChI=1S/C32H26N4O5S/c1-3-39-31(38)23-15-13-22(14-16-23)26-17-18-27(40-26)30-36(20(2)37)25-12-8-7-11-24(25)28-29(41-30)33-32(35-34-28)42-19-21-9-5-4-6-10-21/h4-18,30H,3,19H2,1-2H3/t30-/m1/s1. The molecule has 1 aliphatic heterocycles. The van der Waals surface area contributed by atoms with E-state index < -0.39 is 6.23 Å². The van der Waals surface area contributed by atoms with E-state index in [1.807, 2.05) is 54.6 Å². The number of fused-ring (bicyclic) bond motifs is 3. The van der Waals surface area contributed by atoms with Gasteiger partial charge in [0.05, 0.1) is 17.9 Å². The van der Waals surface area contributed by atoms with Gasteiger partial charge >= 0.3 is 5.97 Å². The van der Waals surface area contributed by atoms with E-state index in [9.17, 15) is 9.59 Å². The van der Waals surface area contributed by atoms with E-state index in [-0.39, 0.29) is 17.8 Å². The predicted octanol–water partition coefficient (Wildman–Crippen LogP) is 6.71. The number of anilines is 1. The molecule has 0 aliphatic carbocycles. The van der Waals surface area contributed by atoms with E-state index in [1.165, 1.54) is 23.6 Å². The summed E-state index contributed by atoms with van der Waals surface area (Å²) in [6, 6.07) is 27.9. The topological polar surface area (TPSA) is 108 Å². The van der Waals surface area contributed by atoms with Gasteiger partial charge in [-0.25, -0.2) is 4.79 Å². The molecule has 0 N–H and O–H groups in total. The lowest BCUT2D eigenvalue weighted by Crippen LogP contribution is -2.35. The number of carbonyl (C=O) groups is 2. The van der Waals surface area contributed by atoms with Crippen LogP contribution in [0, 0.1) is 0 Å². The SMILES string of the molecule is CCOC(=O)c1ccc(-c2ccc([C@H]3Oc4nc(SCc5ccccc5)nnc4-c4ccccc4N3C(C)=O)o2)cc1. The van der Waals surface area contributed by atoms with Gasteiger partial charge in [-0.2, -0.15) is 4.98 Å². The number of thioether (sulfide) groups is 1. The van der Waals surface area contributed by atoms with Crippen molar-refractivity contribution in [1.29, 1.82) is 0 Å². The first kappa shape index (κ1) is 27.2. The quantitative estimate of drug-likeness (QED) is 0.154. The van der Waals surface area contributed by atoms with Crippen LogP contribution < -0.4 is 9.64 Å². The van der Waals surface area contributed by atoms with Crippen LogP contribution in [-0.2, 0) is 15.3 Å². The fourth-order valence-electron chi connectivity index (χ4n) is 4.65. The maximum Gasteiger partial charge on any atom is 0.338 e. The summed E-state index contributed by atoms with van der Waals surface area (Å²) in [6.07, 6.45) is -0.957. The summed E-state index contributed by atoms with van der Waals surface area (Å²) in [5.74, 6) is 1.22. The summed E-state index contributed by atoms with van der Waals surface area (Å²) in [7, 11) is 0. The molecule has 42 heavy (non-hydrogen) atoms. The molecule has 0 bridgehead atoms. The minimum Gasteiger partial charge on any atom is -0.462 e. The second-order valence-corrected chi connectivity index (χ2v) is 10.3. The number of rotatable bonds is 7. The molecular weight excluding hydrogens is 552 g/mol. The Morgan fingerprint density at radius 3 is 2.45 bits per heavy atom. The Morgan fingerprint density at radius 1 is 0.929 bits per heavy atom. The molecule has 0 saturated carbocycles. The third kappa shape index (κ3) is 5.48. The summed E-state index contributed by atoms with van der Waals surface area (Å²) in [4.78, 5) is 31.4. The smallest absolute Gasteiger partial charge is 0.338 e. The fourth-order valence-corrected chi connectivity index (χ4v) is 5.38. The van der Waals surface area contributed by atoms with Gasteiger partial charge in [-0.1, -0.05) is 72.4 Å². The van der Waals surface area contributed by atoms with Gasteiger partial charge in [-0.05, 0) is 42.8 Å². The van der Waals surface area contributed by atoms with Crippen molar-refractivity contribution in [1.82, 2.24) is 15.2 Å². The second-order valence-electron chi connectivity index (χ2n) is 9.40. The predicted molar refractivity (Wildman–Crippen MR) is 158 cm³/mol. The number of amides is 1. The molecule has 0 fully saturated rings. The Hall–Kier alpha value is -4.96. The van der Waals surface area contributed by atoms with Gasteiger partial charge in [0, 0.05) is 23.8 Å². The highest BCUT2D eigenvalue weighted by Crippen LogP contribution is 2.44. The Morgan fingerprint density at radius 2 is 1.69 bits per heavy atom. The van der Waals surface area contributed by atoms with Gasteiger partial charge in [-0.15, -0.1) is 10.2 Å². The highest BCUT2D eigenvalue weighted by atomic mass is 32.2. The largest absolute Gasteiger partial charge is 0.462 e. The highest BCUT2D eigenvalue weighted by molar-refractivity contribution is 7.98. The lowest BCUT2D eigenvalue weighted by Gasteiger charge is -2.28. The Kier molecular flexibility index (Phi) is 7.70. The normalized spacial score (nSPS) is 13.9. The van der Waals surface area contributed by atoms with Crippen molar-refractivity contribution in [2.24, 2.45) is 0 Å². The van der Waals surface area contributed by atoms with E-state index in [0.717, 1.165) is 11.1 Å². The first-order chi connectivity index (χ1) is 20.5. The number of furan rings is 1. The van der Waals surface area contributed by atoms with Crippen LogP contribution in [0.4, 0.5) is 5.69 Å². The van der Waals surface area contributed by atoms with Crippen molar-refractivity contribution in [2.45, 2.75) is 31.0 Å². The molecule has 210 valence electrons. The molecule has 3 heterocycles. The number of aromatic nitrogens is 3. The number of ether oxygens (including phenoxy) is 2. The van der Waals surface area contributed by atoms with Gasteiger partial charge in [-0.3, -0.25) is 9.69 Å². The summed E-state index contributed by atoms with van der Waals surface area (Å²) < 4.78 is 17.8. The molecule has 1 amide bonds. The minimum atomic E-state index is -0.957. The summed E-state index contributed by atoms with van der Waals surface area (Å²) >= 11 is 1.44. The third-order valence-electron chi connectivity index (χ3n) is 6.61. The number of hydrogen-bond donors (Lipinski definition) is 0. The van der Waals surface area contributed by atoms with Gasteiger partial charge < -0.3 is 13.9 Å². The molecule has 0 saturated heterocycles. The van der Waals surface area contributed by atoms with Crippen molar-refractivity contribution in [3.63, 3.8) is 0 Å². The summed E-state index contributed by atoms with van der Waals surface area (Å²) in [5.41, 5.74) is 4.04. The summed E-state index contributed by atoms with van der Waals surface area (Å²) in [5, 5.41) is 9.28. The number of hydrogen-bond acceptors (Lipinski definition) is 9. The molecule has 0 spiro atoms. The van der Waals surface area contributed by atoms with Crippen LogP contribution in [0.5, 0.6) is 5.88 Å². The van der Waals surface area contributed by atoms with Crippen molar-refractivity contribution in [3.05, 3.63) is 108 Å². The molecule has 2 aromatic heterocycles. The maximum absolute atomic E-state index is 13.1. The molecular formula is C32H26N4O5S. The van der Waals surface area contributed by atoms with Crippen LogP contribution in [0.15, 0.2) is 101 Å². The van der Waals surface area contributed by atoms with E-state index in [4.69, 9.17) is 18.9 Å². The molecule has 6 rings (SSSR count). The molecule has 0 unspecified atom stereocenters. The zero-order chi connectivity index (χ0) is 29.1. The number of esters is 1. The zero-order valence-corrected chi connectivity index (χ0v) is 23.7. The van der Waals surface area contributed by atoms with Crippen molar-refractivity contribution >= 4 is 29.3 Å². The summed E-state index contributed by atoms with van der Waals surface area (Å²) in [6.45, 7) is 3.54. The fraction of sp³-hybridized carbons (Fsp3) is 0.156. The average Bonchev–Trinajstić information content (AvgIpc) is 3.45. The van der Waals surface area contributed by atoms with Gasteiger partial charge in [0.2, 0.25) is 23.2 Å². The number of benzene rings is 3. The molecule has 5 aromatic rings. The van der Waals surface area contributed by atoms with Crippen molar-refractivity contribution in [2.75, 3.05) is 11.5 Å². The molecule has 9 nitrogen and oxygen atoms in total. The molecule has 1 atom stereocenters. The van der Waals surface area contributed by atoms with E-state index in [1.54, 1.807) is 43.3 Å². The third-order valence-corrected chi connectivity index (χ3v) is 7.52. The number of carbonyl (C=O) groups excluding carboxylic acids is 2. The van der Waals surface area contributed by atoms with Gasteiger partial charge in [0.25, 0.3) is 0 Å². The van der Waals surface area contributed by atoms with Crippen LogP contribution >= 0.6 is 11.8 Å². The monoisotopic (exact) mass is 578 g/mol. The molecule has 1 aliphatic rings. The first-order valence-electron chi connectivity index (χ1n) is 13.4. The lowest BCUT2D eigenvalue weighted by atomic mass is 10.1. The van der Waals surface area contributed by atoms with Gasteiger partial charge in [0.15, 0.2) is 11.5 Å².